The number of amides is 2. The molecule has 1 heterocycles. The highest BCUT2D eigenvalue weighted by Gasteiger charge is 2.25. The van der Waals surface area contributed by atoms with E-state index in [0.29, 0.717) is 17.1 Å². The molecule has 0 saturated heterocycles. The van der Waals surface area contributed by atoms with E-state index in [1.807, 2.05) is 18.2 Å². The SMILES string of the molecule is CCOC(=O)c1c(NC(=O)C[NH2+]Cc2cccc(Cl)c2)sc(C(N)=O)c1C. The van der Waals surface area contributed by atoms with Crippen LogP contribution in [0.15, 0.2) is 24.3 Å². The number of ether oxygens (including phenoxy) is 1. The van der Waals surface area contributed by atoms with E-state index < -0.39 is 11.9 Å². The molecule has 27 heavy (non-hydrogen) atoms. The van der Waals surface area contributed by atoms with Gasteiger partial charge < -0.3 is 21.1 Å². The van der Waals surface area contributed by atoms with Crippen molar-refractivity contribution >= 4 is 45.7 Å². The number of carbonyl (C=O) groups excluding carboxylic acids is 3. The Labute approximate surface area is 165 Å². The average Bonchev–Trinajstić information content (AvgIpc) is 2.91. The maximum Gasteiger partial charge on any atom is 0.341 e. The molecule has 0 aliphatic carbocycles. The zero-order valence-corrected chi connectivity index (χ0v) is 16.6. The summed E-state index contributed by atoms with van der Waals surface area (Å²) in [5.74, 6) is -1.56. The van der Waals surface area contributed by atoms with Gasteiger partial charge in [0.1, 0.15) is 11.5 Å². The lowest BCUT2D eigenvalue weighted by Crippen LogP contribution is -2.84. The molecular formula is C18H21ClN3O4S+. The molecule has 0 saturated carbocycles. The monoisotopic (exact) mass is 410 g/mol. The van der Waals surface area contributed by atoms with Crippen LogP contribution in [0.5, 0.6) is 0 Å². The summed E-state index contributed by atoms with van der Waals surface area (Å²) in [4.78, 5) is 36.2. The van der Waals surface area contributed by atoms with E-state index in [-0.39, 0.29) is 34.5 Å². The third-order valence-electron chi connectivity index (χ3n) is 3.70. The minimum atomic E-state index is -0.656. The maximum absolute atomic E-state index is 12.3. The number of thiophene rings is 1. The van der Waals surface area contributed by atoms with Crippen molar-refractivity contribution in [2.24, 2.45) is 5.73 Å². The van der Waals surface area contributed by atoms with Gasteiger partial charge in [-0.15, -0.1) is 11.3 Å². The molecule has 0 atom stereocenters. The number of hydrogen-bond acceptors (Lipinski definition) is 5. The van der Waals surface area contributed by atoms with E-state index in [1.54, 1.807) is 25.2 Å². The molecule has 9 heteroatoms. The van der Waals surface area contributed by atoms with Gasteiger partial charge in [-0.3, -0.25) is 9.59 Å². The van der Waals surface area contributed by atoms with Gasteiger partial charge in [-0.1, -0.05) is 23.7 Å². The lowest BCUT2D eigenvalue weighted by atomic mass is 10.1. The van der Waals surface area contributed by atoms with E-state index in [0.717, 1.165) is 16.9 Å². The highest BCUT2D eigenvalue weighted by atomic mass is 35.5. The Morgan fingerprint density at radius 3 is 2.70 bits per heavy atom. The fourth-order valence-corrected chi connectivity index (χ4v) is 3.77. The number of benzene rings is 1. The van der Waals surface area contributed by atoms with Crippen LogP contribution >= 0.6 is 22.9 Å². The van der Waals surface area contributed by atoms with E-state index in [9.17, 15) is 14.4 Å². The first-order chi connectivity index (χ1) is 12.8. The van der Waals surface area contributed by atoms with Crippen LogP contribution in [0.4, 0.5) is 5.00 Å². The largest absolute Gasteiger partial charge is 0.462 e. The van der Waals surface area contributed by atoms with Crippen LogP contribution in [0.2, 0.25) is 5.02 Å². The Hall–Kier alpha value is -2.42. The lowest BCUT2D eigenvalue weighted by molar-refractivity contribution is -0.659. The third kappa shape index (κ3) is 5.53. The summed E-state index contributed by atoms with van der Waals surface area (Å²) in [6.45, 7) is 4.18. The van der Waals surface area contributed by atoms with Gasteiger partial charge in [-0.25, -0.2) is 4.79 Å². The van der Waals surface area contributed by atoms with Crippen LogP contribution in [0.25, 0.3) is 0 Å². The minimum Gasteiger partial charge on any atom is -0.462 e. The summed E-state index contributed by atoms with van der Waals surface area (Å²) in [5.41, 5.74) is 6.91. The molecule has 0 spiro atoms. The van der Waals surface area contributed by atoms with Gasteiger partial charge in [-0.2, -0.15) is 0 Å². The Morgan fingerprint density at radius 1 is 1.33 bits per heavy atom. The Kier molecular flexibility index (Phi) is 7.35. The molecular weight excluding hydrogens is 390 g/mol. The van der Waals surface area contributed by atoms with Gasteiger partial charge in [0.2, 0.25) is 0 Å². The van der Waals surface area contributed by atoms with Crippen LogP contribution in [0.1, 0.15) is 38.1 Å². The number of anilines is 1. The van der Waals surface area contributed by atoms with Crippen LogP contribution < -0.4 is 16.4 Å². The summed E-state index contributed by atoms with van der Waals surface area (Å²) in [6, 6.07) is 7.37. The summed E-state index contributed by atoms with van der Waals surface area (Å²) in [7, 11) is 0. The normalized spacial score (nSPS) is 10.5. The van der Waals surface area contributed by atoms with Gasteiger partial charge in [0.25, 0.3) is 11.8 Å². The number of nitrogens with two attached hydrogens (primary N) is 2. The van der Waals surface area contributed by atoms with Crippen LogP contribution in [0, 0.1) is 6.92 Å². The van der Waals surface area contributed by atoms with Gasteiger partial charge in [0.15, 0.2) is 6.54 Å². The quantitative estimate of drug-likeness (QED) is 0.574. The fourth-order valence-electron chi connectivity index (χ4n) is 2.50. The molecule has 7 nitrogen and oxygen atoms in total. The molecule has 0 fully saturated rings. The van der Waals surface area contributed by atoms with E-state index in [2.05, 4.69) is 5.32 Å². The van der Waals surface area contributed by atoms with Gasteiger partial charge in [-0.05, 0) is 31.5 Å². The molecule has 2 rings (SSSR count). The van der Waals surface area contributed by atoms with Crippen molar-refractivity contribution in [1.82, 2.24) is 0 Å². The second-order valence-corrected chi connectivity index (χ2v) is 7.18. The van der Waals surface area contributed by atoms with Crippen LogP contribution in [-0.2, 0) is 16.1 Å². The van der Waals surface area contributed by atoms with Gasteiger partial charge >= 0.3 is 5.97 Å². The number of rotatable bonds is 8. The van der Waals surface area contributed by atoms with Gasteiger partial charge in [0.05, 0.1) is 17.0 Å². The molecule has 0 radical (unpaired) electrons. The molecule has 1 aromatic carbocycles. The summed E-state index contributed by atoms with van der Waals surface area (Å²) in [6.07, 6.45) is 0. The molecule has 5 N–H and O–H groups in total. The molecule has 2 aromatic rings. The molecule has 2 amide bonds. The smallest absolute Gasteiger partial charge is 0.341 e. The first-order valence-electron chi connectivity index (χ1n) is 8.29. The van der Waals surface area contributed by atoms with Crippen molar-refractivity contribution in [2.45, 2.75) is 20.4 Å². The van der Waals surface area contributed by atoms with Crippen molar-refractivity contribution in [3.8, 4) is 0 Å². The highest BCUT2D eigenvalue weighted by Crippen LogP contribution is 2.33. The Morgan fingerprint density at radius 2 is 2.07 bits per heavy atom. The van der Waals surface area contributed by atoms with Crippen molar-refractivity contribution < 1.29 is 24.4 Å². The minimum absolute atomic E-state index is 0.137. The number of halogens is 1. The average molecular weight is 411 g/mol. The van der Waals surface area contributed by atoms with Crippen molar-refractivity contribution in [3.63, 3.8) is 0 Å². The maximum atomic E-state index is 12.3. The van der Waals surface area contributed by atoms with Crippen molar-refractivity contribution in [1.29, 1.82) is 0 Å². The van der Waals surface area contributed by atoms with Crippen LogP contribution in [-0.4, -0.2) is 30.9 Å². The molecule has 1 aromatic heterocycles. The van der Waals surface area contributed by atoms with Crippen molar-refractivity contribution in [3.05, 3.63) is 50.9 Å². The summed E-state index contributed by atoms with van der Waals surface area (Å²) >= 11 is 6.91. The Balaban J connectivity index is 2.06. The highest BCUT2D eigenvalue weighted by molar-refractivity contribution is 7.18. The molecule has 0 bridgehead atoms. The number of primary amides is 1. The van der Waals surface area contributed by atoms with E-state index in [1.165, 1.54) is 0 Å². The predicted octanol–water partition coefficient (Wildman–Crippen LogP) is 1.69. The van der Waals surface area contributed by atoms with Gasteiger partial charge in [0, 0.05) is 10.6 Å². The molecule has 0 unspecified atom stereocenters. The first-order valence-corrected chi connectivity index (χ1v) is 9.49. The molecule has 144 valence electrons. The number of quaternary nitrogens is 1. The topological polar surface area (TPSA) is 115 Å². The zero-order chi connectivity index (χ0) is 20.0. The fraction of sp³-hybridized carbons (Fsp3) is 0.278. The van der Waals surface area contributed by atoms with E-state index >= 15 is 0 Å². The second-order valence-electron chi connectivity index (χ2n) is 5.72. The standard InChI is InChI=1S/C18H20ClN3O4S/c1-3-26-18(25)14-10(2)15(16(20)24)27-17(14)22-13(23)9-21-8-11-5-4-6-12(19)7-11/h4-7,21H,3,8-9H2,1-2H3,(H2,20,24)(H,22,23)/p+1. The molecule has 0 aliphatic heterocycles. The lowest BCUT2D eigenvalue weighted by Gasteiger charge is -2.07. The number of nitrogens with one attached hydrogen (secondary N) is 1. The Bertz CT molecular complexity index is 866. The van der Waals surface area contributed by atoms with E-state index in [4.69, 9.17) is 22.1 Å². The number of carbonyl (C=O) groups is 3. The van der Waals surface area contributed by atoms with Crippen LogP contribution in [0.3, 0.4) is 0 Å². The summed E-state index contributed by atoms with van der Waals surface area (Å²) < 4.78 is 5.02. The third-order valence-corrected chi connectivity index (χ3v) is 5.16. The zero-order valence-electron chi connectivity index (χ0n) is 15.0. The first kappa shape index (κ1) is 20.9. The second kappa shape index (κ2) is 9.50. The molecule has 0 aliphatic rings. The summed E-state index contributed by atoms with van der Waals surface area (Å²) in [5, 5.41) is 5.38. The number of esters is 1. The number of hydrogen-bond donors (Lipinski definition) is 3. The predicted molar refractivity (Wildman–Crippen MR) is 104 cm³/mol. The van der Waals surface area contributed by atoms with Crippen molar-refractivity contribution in [2.75, 3.05) is 18.5 Å².